The van der Waals surface area contributed by atoms with Gasteiger partial charge in [0.1, 0.15) is 0 Å². The third-order valence-corrected chi connectivity index (χ3v) is 5.11. The van der Waals surface area contributed by atoms with E-state index in [-0.39, 0.29) is 27.1 Å². The molecule has 0 fully saturated rings. The third-order valence-electron chi connectivity index (χ3n) is 2.95. The minimum absolute atomic E-state index is 0.0434. The molecule has 100 valence electrons. The van der Waals surface area contributed by atoms with Gasteiger partial charge in [-0.15, -0.1) is 0 Å². The number of rotatable bonds is 3. The molecular weight excluding hydrogens is 311 g/mol. The van der Waals surface area contributed by atoms with Crippen LogP contribution in [0.4, 0.5) is 0 Å². The fraction of sp³-hybridized carbons (Fsp3) is 0.385. The van der Waals surface area contributed by atoms with E-state index in [1.165, 1.54) is 4.44 Å². The van der Waals surface area contributed by atoms with Crippen LogP contribution in [0.15, 0.2) is 18.2 Å². The number of hydrogen-bond donors (Lipinski definition) is 0. The van der Waals surface area contributed by atoms with Gasteiger partial charge in [-0.25, -0.2) is 0 Å². The van der Waals surface area contributed by atoms with Crippen LogP contribution >= 0.6 is 0 Å². The van der Waals surface area contributed by atoms with Crippen molar-refractivity contribution in [3.05, 3.63) is 22.6 Å². The summed E-state index contributed by atoms with van der Waals surface area (Å²) in [6.07, 6.45) is 0. The topological polar surface area (TPSA) is 53.5 Å². The Hall–Kier alpha value is -1.36. The normalized spacial score (nSPS) is 15.3. The average molecular weight is 325 g/mol. The number of ether oxygens (including phenoxy) is 3. The molecule has 0 radical (unpaired) electrons. The van der Waals surface area contributed by atoms with E-state index in [9.17, 15) is 0 Å². The molecule has 1 aromatic heterocycles. The van der Waals surface area contributed by atoms with Gasteiger partial charge in [0.05, 0.1) is 0 Å². The summed E-state index contributed by atoms with van der Waals surface area (Å²) in [6.45, 7) is 4.32. The van der Waals surface area contributed by atoms with Gasteiger partial charge in [-0.2, -0.15) is 0 Å². The van der Waals surface area contributed by atoms with Crippen molar-refractivity contribution in [1.82, 2.24) is 9.19 Å². The second kappa shape index (κ2) is 4.63. The fourth-order valence-electron chi connectivity index (χ4n) is 2.08. The molecule has 1 aliphatic rings. The monoisotopic (exact) mass is 326 g/mol. The van der Waals surface area contributed by atoms with E-state index >= 15 is 0 Å². The molecule has 0 unspecified atom stereocenters. The summed E-state index contributed by atoms with van der Waals surface area (Å²) in [5.74, 6) is 1.51. The first-order valence-electron chi connectivity index (χ1n) is 5.90. The molecule has 19 heavy (non-hydrogen) atoms. The van der Waals surface area contributed by atoms with E-state index in [2.05, 4.69) is 9.19 Å². The number of methoxy groups -OCH3 is 1. The van der Waals surface area contributed by atoms with Gasteiger partial charge in [0.25, 0.3) is 0 Å². The van der Waals surface area contributed by atoms with Crippen LogP contribution in [0.1, 0.15) is 18.3 Å². The van der Waals surface area contributed by atoms with Gasteiger partial charge in [0.15, 0.2) is 0 Å². The number of benzene rings is 1. The van der Waals surface area contributed by atoms with Gasteiger partial charge in [0.2, 0.25) is 0 Å². The molecule has 6 heteroatoms. The van der Waals surface area contributed by atoms with E-state index in [4.69, 9.17) is 14.2 Å². The van der Waals surface area contributed by atoms with E-state index < -0.39 is 0 Å². The zero-order valence-corrected chi connectivity index (χ0v) is 12.7. The number of hydrogen-bond acceptors (Lipinski definition) is 5. The Morgan fingerprint density at radius 3 is 3.00 bits per heavy atom. The molecule has 0 amide bonds. The number of fused-ring (bicyclic) bond motifs is 3. The Labute approximate surface area is 117 Å². The first-order valence-corrected chi connectivity index (χ1v) is 7.52. The summed E-state index contributed by atoms with van der Waals surface area (Å²) in [5, 5.41) is 4.27. The predicted molar refractivity (Wildman–Crippen MR) is 70.6 cm³/mol. The maximum absolute atomic E-state index is 6.07. The van der Waals surface area contributed by atoms with Crippen molar-refractivity contribution in [2.24, 2.45) is 0 Å². The second-order valence-corrected chi connectivity index (χ2v) is 6.35. The van der Waals surface area contributed by atoms with Crippen LogP contribution in [-0.2, 0) is 10.3 Å². The van der Waals surface area contributed by atoms with Crippen LogP contribution in [0.2, 0.25) is 0 Å². The van der Waals surface area contributed by atoms with Crippen LogP contribution in [-0.4, -0.2) is 37.8 Å². The summed E-state index contributed by atoms with van der Waals surface area (Å²) >= 11 is 0.0434. The van der Waals surface area contributed by atoms with Crippen molar-refractivity contribution < 1.29 is 14.2 Å². The van der Waals surface area contributed by atoms with Crippen LogP contribution < -0.4 is 9.47 Å². The molecule has 0 saturated heterocycles. The average Bonchev–Trinajstić information content (AvgIpc) is 2.86. The molecule has 0 saturated carbocycles. The van der Waals surface area contributed by atoms with Crippen LogP contribution in [0, 0.1) is 0 Å². The molecule has 0 atom stereocenters. The standard InChI is InChI=1S/C13H14N2O3Se/c1-13(2)12-11(14-15-19-12)9-5-4-8(17-7-16-3)6-10(9)18-13/h4-6H,7H2,1-3H3. The first kappa shape index (κ1) is 12.7. The van der Waals surface area contributed by atoms with Gasteiger partial charge in [0, 0.05) is 0 Å². The Morgan fingerprint density at radius 2 is 2.21 bits per heavy atom. The van der Waals surface area contributed by atoms with E-state index in [0.29, 0.717) is 0 Å². The molecule has 0 bridgehead atoms. The van der Waals surface area contributed by atoms with Gasteiger partial charge >= 0.3 is 117 Å². The predicted octanol–water partition coefficient (Wildman–Crippen LogP) is 1.81. The molecule has 5 nitrogen and oxygen atoms in total. The molecule has 3 rings (SSSR count). The van der Waals surface area contributed by atoms with Crippen molar-refractivity contribution in [3.8, 4) is 22.8 Å². The molecule has 2 aromatic rings. The van der Waals surface area contributed by atoms with Gasteiger partial charge in [-0.1, -0.05) is 0 Å². The Bertz CT molecular complexity index is 610. The summed E-state index contributed by atoms with van der Waals surface area (Å²) in [6, 6.07) is 5.73. The van der Waals surface area contributed by atoms with Gasteiger partial charge in [-0.05, 0) is 0 Å². The van der Waals surface area contributed by atoms with Crippen molar-refractivity contribution in [3.63, 3.8) is 0 Å². The van der Waals surface area contributed by atoms with E-state index in [1.807, 2.05) is 32.0 Å². The zero-order valence-electron chi connectivity index (χ0n) is 11.0. The van der Waals surface area contributed by atoms with Crippen molar-refractivity contribution >= 4 is 14.7 Å². The van der Waals surface area contributed by atoms with Crippen molar-refractivity contribution in [2.45, 2.75) is 19.4 Å². The number of aromatic nitrogens is 2. The van der Waals surface area contributed by atoms with Gasteiger partial charge in [-0.3, -0.25) is 0 Å². The van der Waals surface area contributed by atoms with E-state index in [0.717, 1.165) is 22.8 Å². The molecule has 0 spiro atoms. The molecule has 0 N–H and O–H groups in total. The summed E-state index contributed by atoms with van der Waals surface area (Å²) in [7, 11) is 1.59. The zero-order chi connectivity index (χ0) is 13.5. The van der Waals surface area contributed by atoms with E-state index in [1.54, 1.807) is 7.11 Å². The number of nitrogens with zero attached hydrogens (tertiary/aromatic N) is 2. The quantitative estimate of drug-likeness (QED) is 0.636. The van der Waals surface area contributed by atoms with Crippen molar-refractivity contribution in [1.29, 1.82) is 0 Å². The second-order valence-electron chi connectivity index (χ2n) is 4.77. The molecule has 2 heterocycles. The SMILES string of the molecule is COCOc1ccc2c(c1)OC(C)(C)c1[se]nnc1-2. The summed E-state index contributed by atoms with van der Waals surface area (Å²) in [4.78, 5) is 0. The fourth-order valence-corrected chi connectivity index (χ4v) is 3.56. The Kier molecular flexibility index (Phi) is 3.09. The van der Waals surface area contributed by atoms with Crippen LogP contribution in [0.5, 0.6) is 11.5 Å². The third kappa shape index (κ3) is 2.16. The van der Waals surface area contributed by atoms with Crippen molar-refractivity contribution in [2.75, 3.05) is 13.9 Å². The summed E-state index contributed by atoms with van der Waals surface area (Å²) in [5.41, 5.74) is 1.60. The van der Waals surface area contributed by atoms with Crippen LogP contribution in [0.3, 0.4) is 0 Å². The molecular formula is C13H14N2O3Se. The molecule has 0 aliphatic carbocycles. The minimum atomic E-state index is -0.355. The Balaban J connectivity index is 2.04. The maximum atomic E-state index is 6.07. The summed E-state index contributed by atoms with van der Waals surface area (Å²) < 4.78 is 21.8. The van der Waals surface area contributed by atoms with Crippen LogP contribution in [0.25, 0.3) is 11.3 Å². The Morgan fingerprint density at radius 1 is 1.37 bits per heavy atom. The first-order chi connectivity index (χ1) is 9.12. The molecule has 1 aliphatic heterocycles. The van der Waals surface area contributed by atoms with Gasteiger partial charge < -0.3 is 0 Å². The molecule has 1 aromatic carbocycles.